The van der Waals surface area contributed by atoms with Crippen molar-refractivity contribution in [1.82, 2.24) is 0 Å². The maximum absolute atomic E-state index is 12.4. The van der Waals surface area contributed by atoms with Gasteiger partial charge < -0.3 is 10.2 Å². The molecule has 0 fully saturated rings. The Morgan fingerprint density at radius 1 is 1.08 bits per heavy atom. The highest BCUT2D eigenvalue weighted by molar-refractivity contribution is 6.34. The summed E-state index contributed by atoms with van der Waals surface area (Å²) in [6.45, 7) is 5.04. The molecule has 126 valence electrons. The molecule has 0 spiro atoms. The minimum atomic E-state index is -0.348. The van der Waals surface area contributed by atoms with Gasteiger partial charge in [0.1, 0.15) is 6.54 Å². The van der Waals surface area contributed by atoms with Crippen molar-refractivity contribution in [3.05, 3.63) is 57.6 Å². The Morgan fingerprint density at radius 2 is 1.75 bits per heavy atom. The Labute approximate surface area is 151 Å². The summed E-state index contributed by atoms with van der Waals surface area (Å²) in [5.74, 6) is -0.621. The Morgan fingerprint density at radius 3 is 2.33 bits per heavy atom. The monoisotopic (exact) mass is 364 g/mol. The molecule has 24 heavy (non-hydrogen) atoms. The summed E-state index contributed by atoms with van der Waals surface area (Å²) < 4.78 is 0. The summed E-state index contributed by atoms with van der Waals surface area (Å²) in [6.07, 6.45) is 0. The van der Waals surface area contributed by atoms with Crippen molar-refractivity contribution in [3.8, 4) is 0 Å². The molecule has 2 aromatic carbocycles. The van der Waals surface area contributed by atoms with E-state index in [0.29, 0.717) is 21.4 Å². The third kappa shape index (κ3) is 4.28. The fraction of sp³-hybridized carbons (Fsp3) is 0.222. The van der Waals surface area contributed by atoms with Crippen molar-refractivity contribution in [2.45, 2.75) is 20.8 Å². The van der Waals surface area contributed by atoms with Gasteiger partial charge in [0.2, 0.25) is 11.8 Å². The average Bonchev–Trinajstić information content (AvgIpc) is 2.49. The number of para-hydroxylation sites is 1. The van der Waals surface area contributed by atoms with Crippen LogP contribution >= 0.6 is 23.2 Å². The maximum atomic E-state index is 12.4. The molecular formula is C18H18Cl2N2O2. The molecule has 1 N–H and O–H groups in total. The molecule has 0 radical (unpaired) electrons. The van der Waals surface area contributed by atoms with Crippen molar-refractivity contribution >= 4 is 46.4 Å². The van der Waals surface area contributed by atoms with Gasteiger partial charge in [-0.1, -0.05) is 41.4 Å². The molecule has 0 bridgehead atoms. The quantitative estimate of drug-likeness (QED) is 0.861. The Balaban J connectivity index is 2.21. The second-order valence-corrected chi connectivity index (χ2v) is 6.36. The largest absolute Gasteiger partial charge is 0.323 e. The Kier molecular flexibility index (Phi) is 5.86. The molecule has 0 saturated carbocycles. The maximum Gasteiger partial charge on any atom is 0.244 e. The van der Waals surface area contributed by atoms with Crippen molar-refractivity contribution in [3.63, 3.8) is 0 Å². The van der Waals surface area contributed by atoms with Gasteiger partial charge in [0, 0.05) is 6.92 Å². The van der Waals surface area contributed by atoms with Crippen LogP contribution in [0.25, 0.3) is 0 Å². The van der Waals surface area contributed by atoms with Crippen LogP contribution in [0.1, 0.15) is 18.1 Å². The number of carbonyl (C=O) groups excluding carboxylic acids is 2. The number of anilines is 2. The number of nitrogens with zero attached hydrogens (tertiary/aromatic N) is 1. The average molecular weight is 365 g/mol. The lowest BCUT2D eigenvalue weighted by molar-refractivity contribution is -0.120. The first kappa shape index (κ1) is 18.3. The first-order valence-corrected chi connectivity index (χ1v) is 8.14. The van der Waals surface area contributed by atoms with Crippen LogP contribution in [0.2, 0.25) is 10.0 Å². The first-order chi connectivity index (χ1) is 11.3. The molecule has 2 amide bonds. The van der Waals surface area contributed by atoms with E-state index in [1.54, 1.807) is 30.3 Å². The number of aryl methyl sites for hydroxylation is 2. The minimum absolute atomic E-state index is 0.150. The third-order valence-electron chi connectivity index (χ3n) is 3.52. The van der Waals surface area contributed by atoms with E-state index in [1.807, 2.05) is 19.9 Å². The van der Waals surface area contributed by atoms with Crippen molar-refractivity contribution in [2.24, 2.45) is 0 Å². The predicted molar refractivity (Wildman–Crippen MR) is 99.0 cm³/mol. The van der Waals surface area contributed by atoms with Gasteiger partial charge in [-0.25, -0.2) is 0 Å². The molecule has 0 aromatic heterocycles. The summed E-state index contributed by atoms with van der Waals surface area (Å²) >= 11 is 12.3. The molecule has 0 unspecified atom stereocenters. The van der Waals surface area contributed by atoms with Crippen LogP contribution < -0.4 is 10.2 Å². The normalized spacial score (nSPS) is 10.4. The van der Waals surface area contributed by atoms with Gasteiger partial charge in [-0.15, -0.1) is 0 Å². The van der Waals surface area contributed by atoms with Crippen LogP contribution in [0, 0.1) is 13.8 Å². The summed E-state index contributed by atoms with van der Waals surface area (Å²) in [4.78, 5) is 25.6. The number of nitrogens with one attached hydrogen (secondary N) is 1. The molecule has 0 saturated heterocycles. The van der Waals surface area contributed by atoms with Crippen LogP contribution in [0.5, 0.6) is 0 Å². The zero-order valence-electron chi connectivity index (χ0n) is 13.7. The van der Waals surface area contributed by atoms with Crippen LogP contribution in [-0.2, 0) is 9.59 Å². The van der Waals surface area contributed by atoms with Crippen LogP contribution in [-0.4, -0.2) is 18.4 Å². The lowest BCUT2D eigenvalue weighted by Gasteiger charge is -2.22. The fourth-order valence-electron chi connectivity index (χ4n) is 2.43. The van der Waals surface area contributed by atoms with Gasteiger partial charge in [-0.3, -0.25) is 9.59 Å². The SMILES string of the molecule is CC(=O)N(CC(=O)Nc1c(C)cc(C)cc1Cl)c1ccccc1Cl. The van der Waals surface area contributed by atoms with E-state index in [4.69, 9.17) is 23.2 Å². The summed E-state index contributed by atoms with van der Waals surface area (Å²) in [6, 6.07) is 10.6. The van der Waals surface area contributed by atoms with Gasteiger partial charge in [-0.2, -0.15) is 0 Å². The van der Waals surface area contributed by atoms with Gasteiger partial charge in [0.25, 0.3) is 0 Å². The summed E-state index contributed by atoms with van der Waals surface area (Å²) in [5, 5.41) is 3.65. The molecule has 0 aliphatic carbocycles. The van der Waals surface area contributed by atoms with E-state index in [0.717, 1.165) is 11.1 Å². The first-order valence-electron chi connectivity index (χ1n) is 7.39. The highest BCUT2D eigenvalue weighted by Crippen LogP contribution is 2.28. The molecule has 4 nitrogen and oxygen atoms in total. The van der Waals surface area contributed by atoms with Crippen molar-refractivity contribution in [2.75, 3.05) is 16.8 Å². The summed E-state index contributed by atoms with van der Waals surface area (Å²) in [7, 11) is 0. The number of hydrogen-bond donors (Lipinski definition) is 1. The zero-order chi connectivity index (χ0) is 17.9. The van der Waals surface area contributed by atoms with Gasteiger partial charge in [0.05, 0.1) is 21.4 Å². The van der Waals surface area contributed by atoms with Crippen molar-refractivity contribution in [1.29, 1.82) is 0 Å². The molecule has 0 aliphatic heterocycles. The number of hydrogen-bond acceptors (Lipinski definition) is 2. The zero-order valence-corrected chi connectivity index (χ0v) is 15.2. The van der Waals surface area contributed by atoms with Gasteiger partial charge >= 0.3 is 0 Å². The number of rotatable bonds is 4. The van der Waals surface area contributed by atoms with E-state index in [-0.39, 0.29) is 18.4 Å². The smallest absolute Gasteiger partial charge is 0.244 e. The van der Waals surface area contributed by atoms with E-state index < -0.39 is 0 Å². The number of carbonyl (C=O) groups is 2. The molecule has 6 heteroatoms. The molecule has 0 aliphatic rings. The molecule has 0 atom stereocenters. The highest BCUT2D eigenvalue weighted by Gasteiger charge is 2.19. The molecule has 2 aromatic rings. The second-order valence-electron chi connectivity index (χ2n) is 5.54. The van der Waals surface area contributed by atoms with Crippen LogP contribution in [0.4, 0.5) is 11.4 Å². The number of benzene rings is 2. The van der Waals surface area contributed by atoms with E-state index in [9.17, 15) is 9.59 Å². The second kappa shape index (κ2) is 7.69. The molecular weight excluding hydrogens is 347 g/mol. The Bertz CT molecular complexity index is 767. The lowest BCUT2D eigenvalue weighted by Crippen LogP contribution is -2.37. The van der Waals surface area contributed by atoms with E-state index >= 15 is 0 Å². The minimum Gasteiger partial charge on any atom is -0.323 e. The number of amides is 2. The third-order valence-corrected chi connectivity index (χ3v) is 4.14. The molecule has 2 rings (SSSR count). The van der Waals surface area contributed by atoms with E-state index in [2.05, 4.69) is 5.32 Å². The standard InChI is InChI=1S/C18H18Cl2N2O2/c1-11-8-12(2)18(15(20)9-11)21-17(24)10-22(13(3)23)16-7-5-4-6-14(16)19/h4-9H,10H2,1-3H3,(H,21,24). The molecule has 0 heterocycles. The topological polar surface area (TPSA) is 49.4 Å². The van der Waals surface area contributed by atoms with Gasteiger partial charge in [-0.05, 0) is 43.2 Å². The number of halogens is 2. The lowest BCUT2D eigenvalue weighted by atomic mass is 10.1. The van der Waals surface area contributed by atoms with Crippen molar-refractivity contribution < 1.29 is 9.59 Å². The summed E-state index contributed by atoms with van der Waals surface area (Å²) in [5.41, 5.74) is 2.92. The highest BCUT2D eigenvalue weighted by atomic mass is 35.5. The van der Waals surface area contributed by atoms with Crippen LogP contribution in [0.3, 0.4) is 0 Å². The van der Waals surface area contributed by atoms with Gasteiger partial charge in [0.15, 0.2) is 0 Å². The Hall–Kier alpha value is -2.04. The van der Waals surface area contributed by atoms with Crippen LogP contribution in [0.15, 0.2) is 36.4 Å². The van der Waals surface area contributed by atoms with E-state index in [1.165, 1.54) is 11.8 Å². The predicted octanol–water partition coefficient (Wildman–Crippen LogP) is 4.60. The fourth-order valence-corrected chi connectivity index (χ4v) is 3.04.